The highest BCUT2D eigenvalue weighted by Gasteiger charge is 2.12. The molecule has 1 N–H and O–H groups in total. The minimum Gasteiger partial charge on any atom is -0.494 e. The zero-order valence-corrected chi connectivity index (χ0v) is 15.2. The fraction of sp³-hybridized carbons (Fsp3) is 0.350. The lowest BCUT2D eigenvalue weighted by atomic mass is 10.1. The Balaban J connectivity index is 1.98. The minimum atomic E-state index is -0.398. The van der Waals surface area contributed by atoms with Gasteiger partial charge < -0.3 is 10.1 Å². The number of rotatable bonds is 7. The van der Waals surface area contributed by atoms with E-state index in [1.165, 1.54) is 13.2 Å². The Kier molecular flexibility index (Phi) is 6.53. The smallest absolute Gasteiger partial charge is 0.238 e. The van der Waals surface area contributed by atoms with E-state index >= 15 is 0 Å². The third-order valence-corrected chi connectivity index (χ3v) is 4.09. The first-order chi connectivity index (χ1) is 11.9. The number of nitrogens with zero attached hydrogens (tertiary/aromatic N) is 1. The van der Waals surface area contributed by atoms with Crippen molar-refractivity contribution in [3.63, 3.8) is 0 Å². The van der Waals surface area contributed by atoms with Crippen molar-refractivity contribution in [3.05, 3.63) is 58.9 Å². The lowest BCUT2D eigenvalue weighted by Crippen LogP contribution is -2.30. The van der Waals surface area contributed by atoms with E-state index < -0.39 is 5.82 Å². The second kappa shape index (κ2) is 8.62. The molecule has 0 aliphatic rings. The molecule has 4 nitrogen and oxygen atoms in total. The van der Waals surface area contributed by atoms with Crippen molar-refractivity contribution >= 4 is 11.6 Å². The second-order valence-corrected chi connectivity index (χ2v) is 6.15. The maximum absolute atomic E-state index is 13.8. The maximum Gasteiger partial charge on any atom is 0.238 e. The molecule has 0 heterocycles. The number of carbonyl (C=O) groups excluding carboxylic acids is 1. The van der Waals surface area contributed by atoms with Crippen LogP contribution in [0.3, 0.4) is 0 Å². The quantitative estimate of drug-likeness (QED) is 0.831. The van der Waals surface area contributed by atoms with Crippen molar-refractivity contribution in [1.29, 1.82) is 0 Å². The van der Waals surface area contributed by atoms with Gasteiger partial charge in [0.2, 0.25) is 5.91 Å². The van der Waals surface area contributed by atoms with Crippen LogP contribution < -0.4 is 10.1 Å². The number of para-hydroxylation sites is 1. The molecule has 2 rings (SSSR count). The zero-order valence-electron chi connectivity index (χ0n) is 15.2. The van der Waals surface area contributed by atoms with Gasteiger partial charge in [-0.2, -0.15) is 0 Å². The molecule has 0 fully saturated rings. The molecule has 0 aliphatic heterocycles. The predicted molar refractivity (Wildman–Crippen MR) is 98.5 cm³/mol. The summed E-state index contributed by atoms with van der Waals surface area (Å²) < 4.78 is 18.7. The zero-order chi connectivity index (χ0) is 18.4. The van der Waals surface area contributed by atoms with Gasteiger partial charge in [0.25, 0.3) is 0 Å². The lowest BCUT2D eigenvalue weighted by Gasteiger charge is -2.18. The molecule has 0 atom stereocenters. The molecule has 0 unspecified atom stereocenters. The van der Waals surface area contributed by atoms with Crippen LogP contribution in [0.1, 0.15) is 23.6 Å². The molecule has 2 aromatic carbocycles. The van der Waals surface area contributed by atoms with E-state index in [1.807, 2.05) is 37.1 Å². The SMILES string of the molecule is CCc1cccc(C)c1NC(=O)CN(C)Cc1ccc(OC)c(F)c1. The number of aryl methyl sites for hydroxylation is 2. The Labute approximate surface area is 148 Å². The van der Waals surface area contributed by atoms with E-state index in [9.17, 15) is 9.18 Å². The highest BCUT2D eigenvalue weighted by atomic mass is 19.1. The summed E-state index contributed by atoms with van der Waals surface area (Å²) >= 11 is 0. The summed E-state index contributed by atoms with van der Waals surface area (Å²) in [6, 6.07) is 10.8. The van der Waals surface area contributed by atoms with Gasteiger partial charge >= 0.3 is 0 Å². The number of methoxy groups -OCH3 is 1. The van der Waals surface area contributed by atoms with E-state index in [2.05, 4.69) is 12.2 Å². The number of ether oxygens (including phenoxy) is 1. The molecule has 2 aromatic rings. The first-order valence-corrected chi connectivity index (χ1v) is 8.33. The average molecular weight is 344 g/mol. The van der Waals surface area contributed by atoms with Crippen LogP contribution >= 0.6 is 0 Å². The van der Waals surface area contributed by atoms with Crippen molar-refractivity contribution < 1.29 is 13.9 Å². The van der Waals surface area contributed by atoms with Gasteiger partial charge in [-0.25, -0.2) is 4.39 Å². The highest BCUT2D eigenvalue weighted by Crippen LogP contribution is 2.21. The summed E-state index contributed by atoms with van der Waals surface area (Å²) in [5, 5.41) is 3.00. The number of hydrogen-bond acceptors (Lipinski definition) is 3. The molecule has 25 heavy (non-hydrogen) atoms. The van der Waals surface area contributed by atoms with Crippen molar-refractivity contribution in [2.24, 2.45) is 0 Å². The van der Waals surface area contributed by atoms with E-state index in [0.29, 0.717) is 6.54 Å². The number of carbonyl (C=O) groups is 1. The van der Waals surface area contributed by atoms with Crippen molar-refractivity contribution in [2.45, 2.75) is 26.8 Å². The van der Waals surface area contributed by atoms with Crippen molar-refractivity contribution in [2.75, 3.05) is 26.0 Å². The van der Waals surface area contributed by atoms with Crippen LogP contribution in [0.15, 0.2) is 36.4 Å². The molecular formula is C20H25FN2O2. The Morgan fingerprint density at radius 3 is 2.68 bits per heavy atom. The number of nitrogens with one attached hydrogen (secondary N) is 1. The number of benzene rings is 2. The minimum absolute atomic E-state index is 0.0829. The van der Waals surface area contributed by atoms with Gasteiger partial charge in [0.15, 0.2) is 11.6 Å². The van der Waals surface area contributed by atoms with Crippen LogP contribution in [0.25, 0.3) is 0 Å². The van der Waals surface area contributed by atoms with E-state index in [-0.39, 0.29) is 18.2 Å². The van der Waals surface area contributed by atoms with Gasteiger partial charge in [-0.05, 0) is 49.2 Å². The molecule has 0 aromatic heterocycles. The molecule has 0 aliphatic carbocycles. The lowest BCUT2D eigenvalue weighted by molar-refractivity contribution is -0.117. The topological polar surface area (TPSA) is 41.6 Å². The first kappa shape index (κ1) is 18.9. The van der Waals surface area contributed by atoms with Gasteiger partial charge in [0.1, 0.15) is 0 Å². The summed E-state index contributed by atoms with van der Waals surface area (Å²) in [5.41, 5.74) is 3.85. The van der Waals surface area contributed by atoms with E-state index in [1.54, 1.807) is 12.1 Å². The molecule has 0 saturated carbocycles. The van der Waals surface area contributed by atoms with Gasteiger partial charge in [0.05, 0.1) is 13.7 Å². The third-order valence-electron chi connectivity index (χ3n) is 4.09. The fourth-order valence-corrected chi connectivity index (χ4v) is 2.80. The van der Waals surface area contributed by atoms with Crippen LogP contribution in [-0.4, -0.2) is 31.5 Å². The normalized spacial score (nSPS) is 10.8. The Morgan fingerprint density at radius 1 is 1.28 bits per heavy atom. The first-order valence-electron chi connectivity index (χ1n) is 8.33. The van der Waals surface area contributed by atoms with Crippen LogP contribution in [0, 0.1) is 12.7 Å². The molecular weight excluding hydrogens is 319 g/mol. The Bertz CT molecular complexity index is 746. The molecule has 0 bridgehead atoms. The molecule has 134 valence electrons. The Hall–Kier alpha value is -2.40. The van der Waals surface area contributed by atoms with Crippen LogP contribution in [-0.2, 0) is 17.8 Å². The Morgan fingerprint density at radius 2 is 2.04 bits per heavy atom. The fourth-order valence-electron chi connectivity index (χ4n) is 2.80. The predicted octanol–water partition coefficient (Wildman–Crippen LogP) is 3.78. The average Bonchev–Trinajstić information content (AvgIpc) is 2.56. The number of likely N-dealkylation sites (N-methyl/N-ethyl adjacent to an activating group) is 1. The largest absolute Gasteiger partial charge is 0.494 e. The number of halogens is 1. The number of amides is 1. The third kappa shape index (κ3) is 5.03. The highest BCUT2D eigenvalue weighted by molar-refractivity contribution is 5.93. The van der Waals surface area contributed by atoms with Gasteiger partial charge in [-0.15, -0.1) is 0 Å². The molecule has 5 heteroatoms. The van der Waals surface area contributed by atoms with E-state index in [0.717, 1.165) is 28.8 Å². The van der Waals surface area contributed by atoms with Gasteiger partial charge in [-0.1, -0.05) is 31.2 Å². The summed E-state index contributed by atoms with van der Waals surface area (Å²) in [4.78, 5) is 14.2. The number of anilines is 1. The summed E-state index contributed by atoms with van der Waals surface area (Å²) in [7, 11) is 3.27. The van der Waals surface area contributed by atoms with Gasteiger partial charge in [-0.3, -0.25) is 9.69 Å². The standard InChI is InChI=1S/C20H25FN2O2/c1-5-16-8-6-7-14(2)20(16)22-19(24)13-23(3)12-15-9-10-18(25-4)17(21)11-15/h6-11H,5,12-13H2,1-4H3,(H,22,24). The summed E-state index contributed by atoms with van der Waals surface area (Å²) in [6.45, 7) is 4.75. The van der Waals surface area contributed by atoms with Crippen molar-refractivity contribution in [3.8, 4) is 5.75 Å². The molecule has 1 amide bonds. The second-order valence-electron chi connectivity index (χ2n) is 6.15. The molecule has 0 saturated heterocycles. The van der Waals surface area contributed by atoms with Crippen molar-refractivity contribution in [1.82, 2.24) is 4.90 Å². The van der Waals surface area contributed by atoms with Crippen LogP contribution in [0.4, 0.5) is 10.1 Å². The molecule has 0 radical (unpaired) electrons. The van der Waals surface area contributed by atoms with Crippen LogP contribution in [0.2, 0.25) is 0 Å². The maximum atomic E-state index is 13.8. The summed E-state index contributed by atoms with van der Waals surface area (Å²) in [5.74, 6) is -0.262. The van der Waals surface area contributed by atoms with Gasteiger partial charge in [0, 0.05) is 12.2 Å². The molecule has 0 spiro atoms. The number of hydrogen-bond donors (Lipinski definition) is 1. The van der Waals surface area contributed by atoms with Crippen LogP contribution in [0.5, 0.6) is 5.75 Å². The summed E-state index contributed by atoms with van der Waals surface area (Å²) in [6.07, 6.45) is 0.859. The monoisotopic (exact) mass is 344 g/mol. The van der Waals surface area contributed by atoms with E-state index in [4.69, 9.17) is 4.74 Å².